The molecular weight excluding hydrogens is 628 g/mol. The van der Waals surface area contributed by atoms with Gasteiger partial charge in [-0.15, -0.1) is 0 Å². The van der Waals surface area contributed by atoms with Crippen LogP contribution in [0.2, 0.25) is 0 Å². The van der Waals surface area contributed by atoms with Crippen molar-refractivity contribution in [2.45, 2.75) is 6.18 Å². The molecule has 0 radical (unpaired) electrons. The van der Waals surface area contributed by atoms with Crippen LogP contribution in [0.5, 0.6) is 11.5 Å². The fraction of sp³-hybridized carbons (Fsp3) is 0.0400. The Labute approximate surface area is 235 Å². The van der Waals surface area contributed by atoms with Gasteiger partial charge in [-0.05, 0) is 52.3 Å². The Balaban J connectivity index is 0.000000587. The van der Waals surface area contributed by atoms with E-state index in [4.69, 9.17) is 20.4 Å². The van der Waals surface area contributed by atoms with Gasteiger partial charge < -0.3 is 26.2 Å². The fourth-order valence-corrected chi connectivity index (χ4v) is 3.24. The normalized spacial score (nSPS) is 10.7. The molecule has 0 saturated carbocycles. The average molecular weight is 644 g/mol. The molecule has 0 aliphatic carbocycles. The van der Waals surface area contributed by atoms with Crippen molar-refractivity contribution in [2.75, 3.05) is 16.4 Å². The van der Waals surface area contributed by atoms with Crippen LogP contribution in [0.1, 0.15) is 10.4 Å². The molecule has 41 heavy (non-hydrogen) atoms. The zero-order chi connectivity index (χ0) is 30.3. The molecule has 0 spiro atoms. The summed E-state index contributed by atoms with van der Waals surface area (Å²) < 4.78 is 79.4. The molecule has 0 aliphatic rings. The number of anilines is 4. The number of ether oxygens (including phenoxy) is 1. The number of hydrogen-bond acceptors (Lipinski definition) is 7. The Bertz CT molecular complexity index is 1590. The standard InChI is InChI=1S/C23H15BrF3N5O2.C2HF3O2/c24-12-7-16(23(33)32-19-3-1-13(25)8-17(19)26)22(30-11-12)31-14-2-4-20(18(27)9-14)34-15-5-6-29-21(28)10-15;3-2(4,5)1(6)7/h1-11H,(H2,28,29)(H,30,31)(H,32,33);(H,6,7). The molecular formula is C25H16BrF6N5O4. The second kappa shape index (κ2) is 13.0. The van der Waals surface area contributed by atoms with Gasteiger partial charge in [0.1, 0.15) is 29.0 Å². The van der Waals surface area contributed by atoms with Gasteiger partial charge in [-0.25, -0.2) is 27.9 Å². The van der Waals surface area contributed by atoms with Gasteiger partial charge in [0.05, 0.1) is 11.3 Å². The highest BCUT2D eigenvalue weighted by Crippen LogP contribution is 2.30. The minimum atomic E-state index is -5.08. The fourth-order valence-electron chi connectivity index (χ4n) is 2.91. The summed E-state index contributed by atoms with van der Waals surface area (Å²) in [6, 6.07) is 11.3. The molecule has 4 aromatic rings. The van der Waals surface area contributed by atoms with E-state index in [-0.39, 0.29) is 34.3 Å². The molecule has 2 aromatic heterocycles. The van der Waals surface area contributed by atoms with Crippen molar-refractivity contribution in [3.8, 4) is 11.5 Å². The van der Waals surface area contributed by atoms with Crippen LogP contribution in [-0.2, 0) is 4.79 Å². The van der Waals surface area contributed by atoms with E-state index in [2.05, 4.69) is 36.5 Å². The van der Waals surface area contributed by atoms with Gasteiger partial charge >= 0.3 is 12.1 Å². The number of carboxylic acids is 1. The Morgan fingerprint density at radius 2 is 1.66 bits per heavy atom. The number of hydrogen-bond donors (Lipinski definition) is 4. The summed E-state index contributed by atoms with van der Waals surface area (Å²) >= 11 is 3.23. The molecule has 0 fully saturated rings. The summed E-state index contributed by atoms with van der Waals surface area (Å²) in [5, 5.41) is 12.4. The first-order valence-electron chi connectivity index (χ1n) is 10.9. The van der Waals surface area contributed by atoms with Crippen molar-refractivity contribution < 1.29 is 45.8 Å². The van der Waals surface area contributed by atoms with Crippen molar-refractivity contribution in [3.05, 3.63) is 94.5 Å². The number of nitrogens with two attached hydrogens (primary N) is 1. The molecule has 5 N–H and O–H groups in total. The highest BCUT2D eigenvalue weighted by Gasteiger charge is 2.38. The number of nitrogens with one attached hydrogen (secondary N) is 2. The predicted molar refractivity (Wildman–Crippen MR) is 138 cm³/mol. The molecule has 0 bridgehead atoms. The predicted octanol–water partition coefficient (Wildman–Crippen LogP) is 6.66. The zero-order valence-electron chi connectivity index (χ0n) is 20.1. The maximum absolute atomic E-state index is 14.6. The maximum atomic E-state index is 14.6. The van der Waals surface area contributed by atoms with Gasteiger partial charge in [0.25, 0.3) is 5.91 Å². The van der Waals surface area contributed by atoms with Crippen LogP contribution in [0, 0.1) is 17.5 Å². The van der Waals surface area contributed by atoms with E-state index in [1.165, 1.54) is 42.7 Å². The van der Waals surface area contributed by atoms with E-state index < -0.39 is 35.5 Å². The van der Waals surface area contributed by atoms with Gasteiger partial charge in [-0.3, -0.25) is 4.79 Å². The zero-order valence-corrected chi connectivity index (χ0v) is 21.7. The summed E-state index contributed by atoms with van der Waals surface area (Å²) in [5.74, 6) is -5.29. The van der Waals surface area contributed by atoms with Crippen LogP contribution in [0.25, 0.3) is 0 Å². The topological polar surface area (TPSA) is 139 Å². The smallest absolute Gasteiger partial charge is 0.475 e. The Kier molecular flexibility index (Phi) is 9.72. The minimum absolute atomic E-state index is 0.0334. The molecule has 0 atom stereocenters. The van der Waals surface area contributed by atoms with Crippen LogP contribution in [-0.4, -0.2) is 33.1 Å². The Morgan fingerprint density at radius 3 is 2.27 bits per heavy atom. The van der Waals surface area contributed by atoms with Crippen molar-refractivity contribution in [1.82, 2.24) is 9.97 Å². The lowest BCUT2D eigenvalue weighted by molar-refractivity contribution is -0.192. The number of rotatable bonds is 6. The number of halogens is 7. The molecule has 0 saturated heterocycles. The third-order valence-electron chi connectivity index (χ3n) is 4.70. The van der Waals surface area contributed by atoms with E-state index in [9.17, 15) is 31.1 Å². The molecule has 2 aromatic carbocycles. The SMILES string of the molecule is Nc1cc(Oc2ccc(Nc3ncc(Br)cc3C(=O)Nc3ccc(F)cc3F)cc2F)ccn1.O=C(O)C(F)(F)F. The van der Waals surface area contributed by atoms with Gasteiger partial charge in [0.2, 0.25) is 0 Å². The molecule has 214 valence electrons. The molecule has 1 amide bonds. The Morgan fingerprint density at radius 1 is 0.951 bits per heavy atom. The van der Waals surface area contributed by atoms with Crippen molar-refractivity contribution >= 4 is 50.8 Å². The van der Waals surface area contributed by atoms with Crippen molar-refractivity contribution in [3.63, 3.8) is 0 Å². The summed E-state index contributed by atoms with van der Waals surface area (Å²) in [5.41, 5.74) is 5.70. The molecule has 0 aliphatic heterocycles. The number of amides is 1. The quantitative estimate of drug-likeness (QED) is 0.171. The Hall–Kier alpha value is -4.86. The number of nitrogen functional groups attached to an aromatic ring is 1. The molecule has 16 heteroatoms. The average Bonchev–Trinajstić information content (AvgIpc) is 2.88. The number of benzene rings is 2. The number of carboxylic acid groups (broad SMARTS) is 1. The lowest BCUT2D eigenvalue weighted by atomic mass is 10.2. The lowest BCUT2D eigenvalue weighted by Gasteiger charge is -2.13. The second-order valence-corrected chi connectivity index (χ2v) is 8.64. The first kappa shape index (κ1) is 30.7. The highest BCUT2D eigenvalue weighted by atomic mass is 79.9. The largest absolute Gasteiger partial charge is 0.490 e. The van der Waals surface area contributed by atoms with Gasteiger partial charge in [-0.2, -0.15) is 13.2 Å². The van der Waals surface area contributed by atoms with E-state index in [1.807, 2.05) is 0 Å². The summed E-state index contributed by atoms with van der Waals surface area (Å²) in [4.78, 5) is 29.7. The van der Waals surface area contributed by atoms with Crippen molar-refractivity contribution in [1.29, 1.82) is 0 Å². The van der Waals surface area contributed by atoms with Gasteiger partial charge in [0.15, 0.2) is 11.6 Å². The molecule has 9 nitrogen and oxygen atoms in total. The van der Waals surface area contributed by atoms with E-state index in [0.717, 1.165) is 18.2 Å². The third-order valence-corrected chi connectivity index (χ3v) is 5.13. The number of alkyl halides is 3. The number of aromatic nitrogens is 2. The van der Waals surface area contributed by atoms with Crippen LogP contribution >= 0.6 is 15.9 Å². The first-order valence-corrected chi connectivity index (χ1v) is 11.7. The molecule has 2 heterocycles. The second-order valence-electron chi connectivity index (χ2n) is 7.72. The van der Waals surface area contributed by atoms with Crippen LogP contribution in [0.3, 0.4) is 0 Å². The van der Waals surface area contributed by atoms with E-state index in [1.54, 1.807) is 0 Å². The summed E-state index contributed by atoms with van der Waals surface area (Å²) in [6.07, 6.45) is -2.22. The molecule has 0 unspecified atom stereocenters. The maximum Gasteiger partial charge on any atom is 0.490 e. The highest BCUT2D eigenvalue weighted by molar-refractivity contribution is 9.10. The van der Waals surface area contributed by atoms with E-state index >= 15 is 0 Å². The van der Waals surface area contributed by atoms with Gasteiger partial charge in [-0.1, -0.05) is 0 Å². The first-order chi connectivity index (χ1) is 19.2. The van der Waals surface area contributed by atoms with Crippen LogP contribution in [0.4, 0.5) is 49.4 Å². The third kappa shape index (κ3) is 8.82. The minimum Gasteiger partial charge on any atom is -0.475 e. The monoisotopic (exact) mass is 643 g/mol. The van der Waals surface area contributed by atoms with Crippen LogP contribution in [0.15, 0.2) is 71.5 Å². The number of carbonyl (C=O) groups excluding carboxylic acids is 1. The number of nitrogens with zero attached hydrogens (tertiary/aromatic N) is 2. The lowest BCUT2D eigenvalue weighted by Crippen LogP contribution is -2.21. The number of aliphatic carboxylic acids is 1. The van der Waals surface area contributed by atoms with Crippen LogP contribution < -0.4 is 21.1 Å². The number of carbonyl (C=O) groups is 2. The molecule has 4 rings (SSSR count). The number of pyridine rings is 2. The van der Waals surface area contributed by atoms with Gasteiger partial charge in [0, 0.05) is 40.8 Å². The summed E-state index contributed by atoms with van der Waals surface area (Å²) in [6.45, 7) is 0. The summed E-state index contributed by atoms with van der Waals surface area (Å²) in [7, 11) is 0. The van der Waals surface area contributed by atoms with Crippen molar-refractivity contribution in [2.24, 2.45) is 0 Å². The van der Waals surface area contributed by atoms with E-state index in [0.29, 0.717) is 16.3 Å².